The minimum Gasteiger partial charge on any atom is -0.489 e. The summed E-state index contributed by atoms with van der Waals surface area (Å²) in [6.45, 7) is 2.55. The number of imide groups is 1. The van der Waals surface area contributed by atoms with Crippen LogP contribution in [0.4, 0.5) is 8.78 Å². The molecule has 0 radical (unpaired) electrons. The van der Waals surface area contributed by atoms with Crippen molar-refractivity contribution in [1.29, 1.82) is 0 Å². The number of ether oxygens (including phenoxy) is 1. The minimum atomic E-state index is -3.92. The molecular weight excluding hydrogens is 594 g/mol. The van der Waals surface area contributed by atoms with Crippen molar-refractivity contribution >= 4 is 27.7 Å². The lowest BCUT2D eigenvalue weighted by Crippen LogP contribution is -2.52. The molecule has 1 atom stereocenters. The second kappa shape index (κ2) is 12.1. The first kappa shape index (κ1) is 29.9. The van der Waals surface area contributed by atoms with Gasteiger partial charge >= 0.3 is 0 Å². The van der Waals surface area contributed by atoms with Crippen LogP contribution >= 0.6 is 0 Å². The van der Waals surface area contributed by atoms with Crippen molar-refractivity contribution in [1.82, 2.24) is 19.4 Å². The average Bonchev–Trinajstić information content (AvgIpc) is 3.35. The number of nitrogens with one attached hydrogen (secondary N) is 1. The summed E-state index contributed by atoms with van der Waals surface area (Å²) in [6.07, 6.45) is 0.479. The Labute approximate surface area is 253 Å². The Bertz CT molecular complexity index is 1730. The Morgan fingerprint density at radius 1 is 0.886 bits per heavy atom. The highest BCUT2D eigenvalue weighted by molar-refractivity contribution is 7.89. The van der Waals surface area contributed by atoms with Gasteiger partial charge < -0.3 is 9.64 Å². The summed E-state index contributed by atoms with van der Waals surface area (Å²) in [5, 5.41) is 2.31. The van der Waals surface area contributed by atoms with E-state index in [2.05, 4.69) is 10.2 Å². The first-order chi connectivity index (χ1) is 21.1. The van der Waals surface area contributed by atoms with Gasteiger partial charge in [0.15, 0.2) is 11.6 Å². The van der Waals surface area contributed by atoms with Crippen LogP contribution < -0.4 is 10.1 Å². The quantitative estimate of drug-likeness (QED) is 0.384. The monoisotopic (exact) mass is 624 g/mol. The van der Waals surface area contributed by atoms with Gasteiger partial charge in [0.05, 0.1) is 11.4 Å². The lowest BCUT2D eigenvalue weighted by Gasteiger charge is -2.34. The summed E-state index contributed by atoms with van der Waals surface area (Å²) in [7, 11) is -3.92. The van der Waals surface area contributed by atoms with Gasteiger partial charge in [-0.2, -0.15) is 4.31 Å². The van der Waals surface area contributed by atoms with E-state index in [1.165, 1.54) is 9.21 Å². The van der Waals surface area contributed by atoms with Gasteiger partial charge in [0, 0.05) is 50.3 Å². The number of benzene rings is 3. The second-order valence-electron chi connectivity index (χ2n) is 11.0. The zero-order chi connectivity index (χ0) is 31.0. The predicted molar refractivity (Wildman–Crippen MR) is 154 cm³/mol. The Morgan fingerprint density at radius 3 is 2.32 bits per heavy atom. The van der Waals surface area contributed by atoms with E-state index in [-0.39, 0.29) is 49.4 Å². The molecule has 3 aromatic rings. The molecule has 0 bridgehead atoms. The van der Waals surface area contributed by atoms with Crippen LogP contribution in [0, 0.1) is 11.6 Å². The lowest BCUT2D eigenvalue weighted by molar-refractivity contribution is -0.136. The van der Waals surface area contributed by atoms with E-state index < -0.39 is 33.6 Å². The van der Waals surface area contributed by atoms with Crippen LogP contribution in [-0.2, 0) is 39.3 Å². The van der Waals surface area contributed by atoms with Crippen LogP contribution in [0.3, 0.4) is 0 Å². The van der Waals surface area contributed by atoms with Crippen molar-refractivity contribution in [2.45, 2.75) is 43.5 Å². The molecule has 2 saturated heterocycles. The first-order valence-electron chi connectivity index (χ1n) is 14.2. The second-order valence-corrected chi connectivity index (χ2v) is 13.0. The molecule has 3 aliphatic heterocycles. The number of sulfonamides is 1. The van der Waals surface area contributed by atoms with Gasteiger partial charge in [0.1, 0.15) is 18.4 Å². The summed E-state index contributed by atoms with van der Waals surface area (Å²) in [5.41, 5.74) is 3.15. The van der Waals surface area contributed by atoms with Gasteiger partial charge in [-0.3, -0.25) is 24.6 Å². The number of carbonyl (C=O) groups is 3. The molecule has 13 heteroatoms. The maximum Gasteiger partial charge on any atom is 0.255 e. The molecule has 230 valence electrons. The Morgan fingerprint density at radius 2 is 1.61 bits per heavy atom. The summed E-state index contributed by atoms with van der Waals surface area (Å²) in [4.78, 5) is 40.3. The van der Waals surface area contributed by atoms with Gasteiger partial charge in [0.25, 0.3) is 5.91 Å². The van der Waals surface area contributed by atoms with E-state index in [0.717, 1.165) is 23.3 Å². The van der Waals surface area contributed by atoms with Crippen LogP contribution in [0.25, 0.3) is 0 Å². The van der Waals surface area contributed by atoms with E-state index in [1.54, 1.807) is 18.2 Å². The maximum atomic E-state index is 13.6. The molecule has 10 nitrogen and oxygen atoms in total. The predicted octanol–water partition coefficient (Wildman–Crippen LogP) is 2.81. The molecule has 3 amide bonds. The molecule has 3 aromatic carbocycles. The van der Waals surface area contributed by atoms with Crippen molar-refractivity contribution < 1.29 is 36.3 Å². The largest absolute Gasteiger partial charge is 0.489 e. The molecule has 0 spiro atoms. The molecular formula is C31H30F2N4O6S. The van der Waals surface area contributed by atoms with Crippen LogP contribution in [-0.4, -0.2) is 72.5 Å². The summed E-state index contributed by atoms with van der Waals surface area (Å²) in [6, 6.07) is 15.0. The van der Waals surface area contributed by atoms with Gasteiger partial charge in [0.2, 0.25) is 21.8 Å². The topological polar surface area (TPSA) is 116 Å². The zero-order valence-electron chi connectivity index (χ0n) is 23.7. The molecule has 1 unspecified atom stereocenters. The molecule has 3 aliphatic rings. The van der Waals surface area contributed by atoms with Crippen LogP contribution in [0.15, 0.2) is 65.6 Å². The normalized spacial score (nSPS) is 19.6. The van der Waals surface area contributed by atoms with Crippen LogP contribution in [0.1, 0.15) is 39.9 Å². The Hall–Kier alpha value is -4.20. The number of halogens is 2. The van der Waals surface area contributed by atoms with Crippen molar-refractivity contribution in [2.75, 3.05) is 26.2 Å². The molecule has 6 rings (SSSR count). The fourth-order valence-corrected chi connectivity index (χ4v) is 7.20. The molecule has 3 heterocycles. The van der Waals surface area contributed by atoms with Crippen molar-refractivity contribution in [3.63, 3.8) is 0 Å². The van der Waals surface area contributed by atoms with E-state index in [4.69, 9.17) is 4.74 Å². The van der Waals surface area contributed by atoms with Crippen LogP contribution in [0.2, 0.25) is 0 Å². The Kier molecular flexibility index (Phi) is 8.18. The highest BCUT2D eigenvalue weighted by Crippen LogP contribution is 2.34. The van der Waals surface area contributed by atoms with Gasteiger partial charge in [-0.05, 0) is 47.9 Å². The van der Waals surface area contributed by atoms with Gasteiger partial charge in [-0.15, -0.1) is 0 Å². The number of piperazine rings is 1. The van der Waals surface area contributed by atoms with E-state index >= 15 is 0 Å². The standard InChI is InChI=1S/C31H30F2N4O6S/c32-25-9-8-22(16-26(25)33)44(41,42)36-14-12-35(13-15-36)17-20-4-6-21(7-5-20)19-43-28-3-1-2-23-24(28)18-37(31(23)40)27-10-11-29(38)34-30(27)39/h1-9,16,27H,10-15,17-19H2,(H,34,38,39). The zero-order valence-corrected chi connectivity index (χ0v) is 24.5. The van der Waals surface area contributed by atoms with E-state index in [9.17, 15) is 31.6 Å². The third kappa shape index (κ3) is 5.94. The first-order valence-corrected chi connectivity index (χ1v) is 15.7. The molecule has 2 fully saturated rings. The van der Waals surface area contributed by atoms with Crippen molar-refractivity contribution in [3.05, 3.63) is 94.6 Å². The number of nitrogens with zero attached hydrogens (tertiary/aromatic N) is 3. The van der Waals surface area contributed by atoms with Crippen LogP contribution in [0.5, 0.6) is 5.75 Å². The lowest BCUT2D eigenvalue weighted by atomic mass is 10.0. The molecule has 0 saturated carbocycles. The number of hydrogen-bond donors (Lipinski definition) is 1. The van der Waals surface area contributed by atoms with E-state index in [1.807, 2.05) is 24.3 Å². The number of rotatable bonds is 8. The third-order valence-corrected chi connectivity index (χ3v) is 10.1. The Balaban J connectivity index is 1.02. The number of carbonyl (C=O) groups excluding carboxylic acids is 3. The average molecular weight is 625 g/mol. The summed E-state index contributed by atoms with van der Waals surface area (Å²) < 4.78 is 60.0. The highest BCUT2D eigenvalue weighted by Gasteiger charge is 2.40. The smallest absolute Gasteiger partial charge is 0.255 e. The fraction of sp³-hybridized carbons (Fsp3) is 0.323. The molecule has 44 heavy (non-hydrogen) atoms. The number of fused-ring (bicyclic) bond motifs is 1. The third-order valence-electron chi connectivity index (χ3n) is 8.22. The highest BCUT2D eigenvalue weighted by atomic mass is 32.2. The maximum absolute atomic E-state index is 13.6. The van der Waals surface area contributed by atoms with E-state index in [0.29, 0.717) is 49.0 Å². The van der Waals surface area contributed by atoms with Crippen molar-refractivity contribution in [2.24, 2.45) is 0 Å². The molecule has 0 aliphatic carbocycles. The fourth-order valence-electron chi connectivity index (χ4n) is 5.77. The minimum absolute atomic E-state index is 0.188. The molecule has 1 N–H and O–H groups in total. The summed E-state index contributed by atoms with van der Waals surface area (Å²) >= 11 is 0. The van der Waals surface area contributed by atoms with Crippen molar-refractivity contribution in [3.8, 4) is 5.75 Å². The number of piperidine rings is 1. The van der Waals surface area contributed by atoms with Gasteiger partial charge in [-0.1, -0.05) is 30.3 Å². The van der Waals surface area contributed by atoms with Gasteiger partial charge in [-0.25, -0.2) is 17.2 Å². The number of hydrogen-bond acceptors (Lipinski definition) is 7. The summed E-state index contributed by atoms with van der Waals surface area (Å²) in [5.74, 6) is -2.78. The molecule has 0 aromatic heterocycles. The number of amides is 3. The SMILES string of the molecule is O=C1CCC(N2Cc3c(OCc4ccc(CN5CCN(S(=O)(=O)c6ccc(F)c(F)c6)CC5)cc4)cccc3C2=O)C(=O)N1.